The number of nitrogens with one attached hydrogen (secondary N) is 1. The van der Waals surface area contributed by atoms with Crippen molar-refractivity contribution in [1.82, 2.24) is 5.32 Å². The molecule has 8 nitrogen and oxygen atoms in total. The van der Waals surface area contributed by atoms with Crippen LogP contribution in [0.3, 0.4) is 0 Å². The predicted molar refractivity (Wildman–Crippen MR) is 99.5 cm³/mol. The zero-order valence-corrected chi connectivity index (χ0v) is 19.6. The van der Waals surface area contributed by atoms with Crippen LogP contribution in [-0.4, -0.2) is 71.9 Å². The maximum absolute atomic E-state index is 11.9. The van der Waals surface area contributed by atoms with Gasteiger partial charge in [-0.05, 0) is 19.8 Å². The Morgan fingerprint density at radius 2 is 1.71 bits per heavy atom. The summed E-state index contributed by atoms with van der Waals surface area (Å²) < 4.78 is 0.0924. The number of carboxylic acids is 2. The Bertz CT molecular complexity index is 491. The fourth-order valence-corrected chi connectivity index (χ4v) is 3.10. The summed E-state index contributed by atoms with van der Waals surface area (Å²) in [6.45, 7) is 6.00. The van der Waals surface area contributed by atoms with Crippen molar-refractivity contribution in [3.05, 3.63) is 12.2 Å². The fraction of sp³-hybridized carbons (Fsp3) is 0.737. The minimum Gasteiger partial charge on any atom is -0.550 e. The summed E-state index contributed by atoms with van der Waals surface area (Å²) in [5.74, 6) is -3.82. The van der Waals surface area contributed by atoms with Crippen LogP contribution in [0.1, 0.15) is 40.0 Å². The molecule has 0 aromatic carbocycles. The largest absolute Gasteiger partial charge is 1.00 e. The first-order chi connectivity index (χ1) is 12.7. The third-order valence-corrected chi connectivity index (χ3v) is 4.57. The molecule has 0 bridgehead atoms. The molecule has 0 saturated heterocycles. The number of carboxylic acid groups (broad SMARTS) is 2. The molecule has 0 aliphatic carbocycles. The van der Waals surface area contributed by atoms with Gasteiger partial charge < -0.3 is 29.9 Å². The van der Waals surface area contributed by atoms with E-state index in [0.29, 0.717) is 19.4 Å². The molecule has 1 amide bonds. The maximum Gasteiger partial charge on any atom is 1.00 e. The zero-order valence-electron chi connectivity index (χ0n) is 17.6. The number of carbonyl (C=O) groups is 3. The van der Waals surface area contributed by atoms with Gasteiger partial charge in [0.25, 0.3) is 0 Å². The molecule has 0 aromatic heterocycles. The SMILES string of the molecule is CC/C=C/CCC(=O)NCC[N+](CCO)(CC(C)C(=O)[O-])CC(C)C(=O)O.[Na+]. The number of hydrogen-bond donors (Lipinski definition) is 3. The summed E-state index contributed by atoms with van der Waals surface area (Å²) in [6, 6.07) is 0. The van der Waals surface area contributed by atoms with Crippen molar-refractivity contribution < 1.29 is 63.7 Å². The van der Waals surface area contributed by atoms with E-state index in [1.807, 2.05) is 19.1 Å². The van der Waals surface area contributed by atoms with Crippen LogP contribution < -0.4 is 40.0 Å². The second-order valence-corrected chi connectivity index (χ2v) is 7.11. The third kappa shape index (κ3) is 12.5. The Morgan fingerprint density at radius 3 is 2.21 bits per heavy atom. The van der Waals surface area contributed by atoms with Gasteiger partial charge in [0.15, 0.2) is 0 Å². The maximum atomic E-state index is 11.9. The molecule has 0 saturated carbocycles. The summed E-state index contributed by atoms with van der Waals surface area (Å²) >= 11 is 0. The van der Waals surface area contributed by atoms with Gasteiger partial charge >= 0.3 is 35.5 Å². The number of amides is 1. The van der Waals surface area contributed by atoms with Crippen molar-refractivity contribution in [3.8, 4) is 0 Å². The monoisotopic (exact) mass is 409 g/mol. The summed E-state index contributed by atoms with van der Waals surface area (Å²) in [7, 11) is 0. The van der Waals surface area contributed by atoms with E-state index in [1.54, 1.807) is 6.92 Å². The molecule has 3 N–H and O–H groups in total. The third-order valence-electron chi connectivity index (χ3n) is 4.57. The topological polar surface area (TPSA) is 127 Å². The van der Waals surface area contributed by atoms with E-state index in [-0.39, 0.29) is 72.7 Å². The first kappa shape index (κ1) is 29.3. The standard InChI is InChI=1S/C19H34N2O6.Na/c1-4-5-6-7-8-17(23)20-9-10-21(11-12-22,13-15(2)18(24)25)14-16(3)19(26)27;/h5-6,15-16,22H,4,7-14H2,1-3H3,(H2-,20,23,24,25,26,27);/q;+1/b6-5+;. The fourth-order valence-electron chi connectivity index (χ4n) is 3.10. The average molecular weight is 409 g/mol. The van der Waals surface area contributed by atoms with E-state index in [0.717, 1.165) is 6.42 Å². The van der Waals surface area contributed by atoms with Crippen LogP contribution in [0, 0.1) is 11.8 Å². The molecule has 0 heterocycles. The molecule has 156 valence electrons. The number of aliphatic carboxylic acids is 2. The summed E-state index contributed by atoms with van der Waals surface area (Å²) in [5, 5.41) is 32.7. The number of quaternary nitrogens is 1. The second-order valence-electron chi connectivity index (χ2n) is 7.11. The normalized spacial score (nSPS) is 15.3. The van der Waals surface area contributed by atoms with Gasteiger partial charge in [0, 0.05) is 18.3 Å². The van der Waals surface area contributed by atoms with Gasteiger partial charge in [-0.25, -0.2) is 0 Å². The molecule has 0 aromatic rings. The molecular weight excluding hydrogens is 375 g/mol. The Labute approximate surface area is 189 Å². The van der Waals surface area contributed by atoms with Gasteiger partial charge in [0.1, 0.15) is 12.5 Å². The van der Waals surface area contributed by atoms with Crippen molar-refractivity contribution >= 4 is 17.8 Å². The summed E-state index contributed by atoms with van der Waals surface area (Å²) in [5.41, 5.74) is 0. The van der Waals surface area contributed by atoms with E-state index in [1.165, 1.54) is 6.92 Å². The van der Waals surface area contributed by atoms with E-state index >= 15 is 0 Å². The Balaban J connectivity index is 0. The molecule has 0 radical (unpaired) electrons. The van der Waals surface area contributed by atoms with Crippen LogP contribution >= 0.6 is 0 Å². The summed E-state index contributed by atoms with van der Waals surface area (Å²) in [6.07, 6.45) is 5.86. The van der Waals surface area contributed by atoms with E-state index in [9.17, 15) is 29.7 Å². The average Bonchev–Trinajstić information content (AvgIpc) is 2.58. The van der Waals surface area contributed by atoms with Crippen molar-refractivity contribution in [2.24, 2.45) is 11.8 Å². The number of aliphatic hydroxyl groups excluding tert-OH is 1. The molecule has 3 atom stereocenters. The van der Waals surface area contributed by atoms with Crippen molar-refractivity contribution in [3.63, 3.8) is 0 Å². The molecule has 0 aliphatic rings. The summed E-state index contributed by atoms with van der Waals surface area (Å²) in [4.78, 5) is 34.4. The van der Waals surface area contributed by atoms with Crippen LogP contribution in [0.25, 0.3) is 0 Å². The molecule has 28 heavy (non-hydrogen) atoms. The predicted octanol–water partition coefficient (Wildman–Crippen LogP) is -3.23. The van der Waals surface area contributed by atoms with Gasteiger partial charge in [-0.3, -0.25) is 9.59 Å². The van der Waals surface area contributed by atoms with Gasteiger partial charge in [-0.2, -0.15) is 0 Å². The van der Waals surface area contributed by atoms with E-state index in [4.69, 9.17) is 0 Å². The number of rotatable bonds is 15. The van der Waals surface area contributed by atoms with Crippen LogP contribution in [0.5, 0.6) is 0 Å². The minimum atomic E-state index is -1.22. The van der Waals surface area contributed by atoms with Crippen LogP contribution in [0.4, 0.5) is 0 Å². The van der Waals surface area contributed by atoms with E-state index < -0.39 is 23.8 Å². The quantitative estimate of drug-likeness (QED) is 0.148. The second kappa shape index (κ2) is 15.9. The smallest absolute Gasteiger partial charge is 0.550 e. The molecule has 0 aliphatic heterocycles. The molecular formula is C19H34N2NaO6+. The van der Waals surface area contributed by atoms with Gasteiger partial charge in [0.2, 0.25) is 5.91 Å². The number of allylic oxidation sites excluding steroid dienone is 2. The van der Waals surface area contributed by atoms with Crippen molar-refractivity contribution in [1.29, 1.82) is 0 Å². The molecule has 0 fully saturated rings. The zero-order chi connectivity index (χ0) is 20.9. The first-order valence-corrected chi connectivity index (χ1v) is 9.48. The van der Waals surface area contributed by atoms with Gasteiger partial charge in [0.05, 0.1) is 32.8 Å². The minimum absolute atomic E-state index is 0. The molecule has 9 heteroatoms. The molecule has 0 rings (SSSR count). The van der Waals surface area contributed by atoms with Crippen LogP contribution in [0.2, 0.25) is 0 Å². The van der Waals surface area contributed by atoms with Crippen LogP contribution in [-0.2, 0) is 14.4 Å². The molecule has 0 spiro atoms. The number of hydrogen-bond acceptors (Lipinski definition) is 5. The number of aliphatic hydroxyl groups is 1. The van der Waals surface area contributed by atoms with Crippen LogP contribution in [0.15, 0.2) is 12.2 Å². The van der Waals surface area contributed by atoms with Crippen molar-refractivity contribution in [2.75, 3.05) is 39.3 Å². The number of carbonyl (C=O) groups excluding carboxylic acids is 2. The van der Waals surface area contributed by atoms with E-state index in [2.05, 4.69) is 5.32 Å². The number of nitrogens with zero attached hydrogens (tertiary/aromatic N) is 1. The van der Waals surface area contributed by atoms with Gasteiger partial charge in [-0.15, -0.1) is 0 Å². The molecule has 3 unspecified atom stereocenters. The van der Waals surface area contributed by atoms with Crippen molar-refractivity contribution in [2.45, 2.75) is 40.0 Å². The Morgan fingerprint density at radius 1 is 1.11 bits per heavy atom. The van der Waals surface area contributed by atoms with Gasteiger partial charge in [-0.1, -0.05) is 26.0 Å². The Kier molecular flexibility index (Phi) is 16.7. The first-order valence-electron chi connectivity index (χ1n) is 9.48. The Hall–Kier alpha value is -0.930.